The molecule has 4 nitrogen and oxygen atoms in total. The van der Waals surface area contributed by atoms with E-state index >= 15 is 0 Å². The Balaban J connectivity index is 2.28. The molecule has 96 valence electrons. The monoisotopic (exact) mass is 264 g/mol. The molecule has 0 aliphatic heterocycles. The van der Waals surface area contributed by atoms with Crippen LogP contribution in [-0.2, 0) is 18.0 Å². The van der Waals surface area contributed by atoms with Crippen molar-refractivity contribution in [2.24, 2.45) is 0 Å². The van der Waals surface area contributed by atoms with Gasteiger partial charge in [0.1, 0.15) is 0 Å². The van der Waals surface area contributed by atoms with E-state index in [1.807, 2.05) is 42.3 Å². The third-order valence-corrected chi connectivity index (χ3v) is 3.78. The molecule has 0 fully saturated rings. The molecule has 1 heterocycles. The minimum absolute atomic E-state index is 0.00100. The minimum atomic E-state index is -0.00100. The Morgan fingerprint density at radius 3 is 2.67 bits per heavy atom. The molecule has 1 aromatic heterocycles. The molecule has 1 N–H and O–H groups in total. The first-order chi connectivity index (χ1) is 8.76. The second-order valence-corrected chi connectivity index (χ2v) is 4.91. The van der Waals surface area contributed by atoms with Crippen molar-refractivity contribution in [3.05, 3.63) is 40.9 Å². The molecule has 0 saturated carbocycles. The van der Waals surface area contributed by atoms with Crippen LogP contribution in [0.3, 0.4) is 0 Å². The summed E-state index contributed by atoms with van der Waals surface area (Å²) in [5, 5.41) is 10.2. The first-order valence-electron chi connectivity index (χ1n) is 5.63. The highest BCUT2D eigenvalue weighted by molar-refractivity contribution is 7.15. The lowest BCUT2D eigenvalue weighted by atomic mass is 10.3. The van der Waals surface area contributed by atoms with Gasteiger partial charge in [0.05, 0.1) is 23.8 Å². The van der Waals surface area contributed by atoms with E-state index in [9.17, 15) is 5.11 Å². The number of anilines is 2. The maximum Gasteiger partial charge on any atom is 0.190 e. The fourth-order valence-corrected chi connectivity index (χ4v) is 2.55. The third kappa shape index (κ3) is 2.69. The maximum atomic E-state index is 9.31. The molecule has 0 atom stereocenters. The number of aliphatic hydroxyl groups excluding tert-OH is 1. The van der Waals surface area contributed by atoms with Crippen molar-refractivity contribution in [3.63, 3.8) is 0 Å². The van der Waals surface area contributed by atoms with Crippen molar-refractivity contribution in [1.29, 1.82) is 0 Å². The molecule has 2 rings (SSSR count). The van der Waals surface area contributed by atoms with Gasteiger partial charge in [-0.2, -0.15) is 0 Å². The summed E-state index contributed by atoms with van der Waals surface area (Å²) < 4.78 is 5.08. The van der Waals surface area contributed by atoms with Gasteiger partial charge in [0.15, 0.2) is 5.13 Å². The van der Waals surface area contributed by atoms with Crippen molar-refractivity contribution in [3.8, 4) is 0 Å². The van der Waals surface area contributed by atoms with E-state index in [1.54, 1.807) is 7.11 Å². The van der Waals surface area contributed by atoms with Crippen LogP contribution in [-0.4, -0.2) is 24.2 Å². The van der Waals surface area contributed by atoms with E-state index in [0.717, 1.165) is 21.4 Å². The Labute approximate surface area is 110 Å². The standard InChI is InChI=1S/C13H16N2O2S/c1-15(10-6-4-3-5-7-10)13-14-11(9-17-2)12(8-16)18-13/h3-7,16H,8-9H2,1-2H3. The zero-order chi connectivity index (χ0) is 13.0. The van der Waals surface area contributed by atoms with Gasteiger partial charge >= 0.3 is 0 Å². The molecule has 18 heavy (non-hydrogen) atoms. The second-order valence-electron chi connectivity index (χ2n) is 3.85. The zero-order valence-corrected chi connectivity index (χ0v) is 11.3. The van der Waals surface area contributed by atoms with Crippen molar-refractivity contribution in [2.75, 3.05) is 19.1 Å². The third-order valence-electron chi connectivity index (χ3n) is 2.62. The molecule has 2 aromatic rings. The molecule has 0 amide bonds. The molecular formula is C13H16N2O2S. The lowest BCUT2D eigenvalue weighted by molar-refractivity contribution is 0.179. The number of hydrogen-bond acceptors (Lipinski definition) is 5. The number of benzene rings is 1. The molecule has 0 unspecified atom stereocenters. The Morgan fingerprint density at radius 2 is 2.06 bits per heavy atom. The van der Waals surface area contributed by atoms with Gasteiger partial charge < -0.3 is 14.7 Å². The molecule has 0 aliphatic carbocycles. The van der Waals surface area contributed by atoms with Crippen molar-refractivity contribution >= 4 is 22.2 Å². The van der Waals surface area contributed by atoms with Gasteiger partial charge in [-0.15, -0.1) is 0 Å². The maximum absolute atomic E-state index is 9.31. The van der Waals surface area contributed by atoms with Crippen LogP contribution in [0.5, 0.6) is 0 Å². The number of thiazole rings is 1. The predicted molar refractivity (Wildman–Crippen MR) is 73.3 cm³/mol. The van der Waals surface area contributed by atoms with Gasteiger partial charge in [0.2, 0.25) is 0 Å². The SMILES string of the molecule is COCc1nc(N(C)c2ccccc2)sc1CO. The fraction of sp³-hybridized carbons (Fsp3) is 0.308. The average molecular weight is 264 g/mol. The van der Waals surface area contributed by atoms with Crippen molar-refractivity contribution in [1.82, 2.24) is 4.98 Å². The van der Waals surface area contributed by atoms with E-state index < -0.39 is 0 Å². The van der Waals surface area contributed by atoms with Crippen LogP contribution in [0.15, 0.2) is 30.3 Å². The van der Waals surface area contributed by atoms with Gasteiger partial charge in [-0.3, -0.25) is 0 Å². The van der Waals surface area contributed by atoms with Gasteiger partial charge in [0, 0.05) is 19.8 Å². The number of ether oxygens (including phenoxy) is 1. The van der Waals surface area contributed by atoms with Crippen LogP contribution in [0.1, 0.15) is 10.6 Å². The predicted octanol–water partition coefficient (Wildman–Crippen LogP) is 2.55. The molecule has 0 aliphatic rings. The molecule has 1 aromatic carbocycles. The summed E-state index contributed by atoms with van der Waals surface area (Å²) in [6.45, 7) is 0.425. The molecule has 0 spiro atoms. The normalized spacial score (nSPS) is 10.6. The Bertz CT molecular complexity index is 499. The van der Waals surface area contributed by atoms with E-state index in [1.165, 1.54) is 11.3 Å². The van der Waals surface area contributed by atoms with Gasteiger partial charge in [-0.25, -0.2) is 4.98 Å². The number of hydrogen-bond donors (Lipinski definition) is 1. The van der Waals surface area contributed by atoms with E-state index in [2.05, 4.69) is 4.98 Å². The lowest BCUT2D eigenvalue weighted by Gasteiger charge is -2.15. The molecule has 5 heteroatoms. The summed E-state index contributed by atoms with van der Waals surface area (Å²) in [5.41, 5.74) is 1.88. The summed E-state index contributed by atoms with van der Waals surface area (Å²) >= 11 is 1.49. The van der Waals surface area contributed by atoms with Crippen LogP contribution in [0.25, 0.3) is 0 Å². The molecule has 0 bridgehead atoms. The van der Waals surface area contributed by atoms with Crippen molar-refractivity contribution < 1.29 is 9.84 Å². The summed E-state index contributed by atoms with van der Waals surface area (Å²) in [4.78, 5) is 7.37. The number of methoxy groups -OCH3 is 1. The Kier molecular flexibility index (Phi) is 4.30. The fourth-order valence-electron chi connectivity index (χ4n) is 1.65. The zero-order valence-electron chi connectivity index (χ0n) is 10.5. The number of aliphatic hydroxyl groups is 1. The molecule has 0 saturated heterocycles. The number of para-hydroxylation sites is 1. The summed E-state index contributed by atoms with van der Waals surface area (Å²) in [7, 11) is 3.59. The summed E-state index contributed by atoms with van der Waals surface area (Å²) in [6, 6.07) is 10.0. The smallest absolute Gasteiger partial charge is 0.190 e. The largest absolute Gasteiger partial charge is 0.391 e. The van der Waals surface area contributed by atoms with E-state index in [0.29, 0.717) is 6.61 Å². The van der Waals surface area contributed by atoms with E-state index in [-0.39, 0.29) is 6.61 Å². The van der Waals surface area contributed by atoms with Crippen LogP contribution in [0.2, 0.25) is 0 Å². The first-order valence-corrected chi connectivity index (χ1v) is 6.45. The highest BCUT2D eigenvalue weighted by Crippen LogP contribution is 2.30. The quantitative estimate of drug-likeness (QED) is 0.901. The Hall–Kier alpha value is -1.43. The van der Waals surface area contributed by atoms with Gasteiger partial charge in [-0.05, 0) is 12.1 Å². The number of rotatable bonds is 5. The first kappa shape index (κ1) is 13.0. The Morgan fingerprint density at radius 1 is 1.33 bits per heavy atom. The van der Waals surface area contributed by atoms with E-state index in [4.69, 9.17) is 4.74 Å². The van der Waals surface area contributed by atoms with Crippen LogP contribution >= 0.6 is 11.3 Å². The highest BCUT2D eigenvalue weighted by atomic mass is 32.1. The minimum Gasteiger partial charge on any atom is -0.391 e. The second kappa shape index (κ2) is 5.95. The molecule has 0 radical (unpaired) electrons. The van der Waals surface area contributed by atoms with Gasteiger partial charge in [0.25, 0.3) is 0 Å². The lowest BCUT2D eigenvalue weighted by Crippen LogP contribution is -2.08. The number of nitrogens with zero attached hydrogens (tertiary/aromatic N) is 2. The van der Waals surface area contributed by atoms with Crippen LogP contribution < -0.4 is 4.90 Å². The highest BCUT2D eigenvalue weighted by Gasteiger charge is 2.14. The topological polar surface area (TPSA) is 45.6 Å². The summed E-state index contributed by atoms with van der Waals surface area (Å²) in [5.74, 6) is 0. The van der Waals surface area contributed by atoms with Gasteiger partial charge in [-0.1, -0.05) is 29.5 Å². The van der Waals surface area contributed by atoms with Crippen LogP contribution in [0.4, 0.5) is 10.8 Å². The number of aromatic nitrogens is 1. The molecular weight excluding hydrogens is 248 g/mol. The van der Waals surface area contributed by atoms with Crippen LogP contribution in [0, 0.1) is 0 Å². The summed E-state index contributed by atoms with van der Waals surface area (Å²) in [6.07, 6.45) is 0. The van der Waals surface area contributed by atoms with Crippen molar-refractivity contribution in [2.45, 2.75) is 13.2 Å². The average Bonchev–Trinajstić information content (AvgIpc) is 2.82.